The quantitative estimate of drug-likeness (QED) is 0.0151. The number of nitrogens with zero attached hydrogens (tertiary/aromatic N) is 1. The van der Waals surface area contributed by atoms with Gasteiger partial charge in [-0.15, -0.1) is 0 Å². The Morgan fingerprint density at radius 2 is 1.27 bits per heavy atom. The van der Waals surface area contributed by atoms with Crippen LogP contribution in [0.5, 0.6) is 0 Å². The number of carbonyl (C=O) groups excluding carboxylic acids is 2. The second-order valence-corrected chi connectivity index (χ2v) is 17.1. The molecule has 1 heterocycles. The van der Waals surface area contributed by atoms with Crippen molar-refractivity contribution in [3.05, 3.63) is 48.6 Å². The summed E-state index contributed by atoms with van der Waals surface area (Å²) in [4.78, 5) is 37.5. The van der Waals surface area contributed by atoms with Crippen LogP contribution in [0, 0.1) is 0 Å². The first-order valence-corrected chi connectivity index (χ1v) is 22.9. The van der Waals surface area contributed by atoms with E-state index in [-0.39, 0.29) is 26.1 Å². The van der Waals surface area contributed by atoms with Crippen molar-refractivity contribution in [2.45, 2.75) is 173 Å². The van der Waals surface area contributed by atoms with Gasteiger partial charge in [-0.2, -0.15) is 0 Å². The summed E-state index contributed by atoms with van der Waals surface area (Å²) in [5, 5.41) is 0. The van der Waals surface area contributed by atoms with E-state index in [2.05, 4.69) is 62.5 Å². The largest absolute Gasteiger partial charge is 0.756 e. The Morgan fingerprint density at radius 3 is 1.91 bits per heavy atom. The Bertz CT molecular complexity index is 1150. The fraction of sp³-hybridized carbons (Fsp3) is 0.773. The molecule has 55 heavy (non-hydrogen) atoms. The number of rotatable bonds is 37. The number of quaternary nitrogens is 1. The molecule has 0 radical (unpaired) electrons. The summed E-state index contributed by atoms with van der Waals surface area (Å²) in [5.41, 5.74) is 0. The van der Waals surface area contributed by atoms with Crippen LogP contribution >= 0.6 is 7.82 Å². The molecule has 0 saturated carbocycles. The van der Waals surface area contributed by atoms with Gasteiger partial charge in [0, 0.05) is 12.8 Å². The molecule has 1 saturated heterocycles. The van der Waals surface area contributed by atoms with Gasteiger partial charge in [0.2, 0.25) is 0 Å². The number of unbranched alkanes of at least 4 members (excludes halogenated alkanes) is 12. The van der Waals surface area contributed by atoms with Gasteiger partial charge in [-0.05, 0) is 70.6 Å². The summed E-state index contributed by atoms with van der Waals surface area (Å²) in [6.45, 7) is 4.02. The predicted octanol–water partition coefficient (Wildman–Crippen LogP) is 10.3. The average molecular weight is 796 g/mol. The molecule has 0 spiro atoms. The minimum absolute atomic E-state index is 0.0409. The van der Waals surface area contributed by atoms with Crippen LogP contribution in [0.15, 0.2) is 48.6 Å². The van der Waals surface area contributed by atoms with E-state index in [0.717, 1.165) is 89.9 Å². The molecule has 0 bridgehead atoms. The van der Waals surface area contributed by atoms with Crippen molar-refractivity contribution in [1.82, 2.24) is 0 Å². The van der Waals surface area contributed by atoms with Gasteiger partial charge in [0.15, 0.2) is 6.10 Å². The van der Waals surface area contributed by atoms with Gasteiger partial charge in [-0.1, -0.05) is 120 Å². The smallest absolute Gasteiger partial charge is 0.306 e. The molecule has 4 atom stereocenters. The highest BCUT2D eigenvalue weighted by Gasteiger charge is 2.36. The second-order valence-electron chi connectivity index (χ2n) is 15.7. The maximum Gasteiger partial charge on any atom is 0.306 e. The number of esters is 2. The van der Waals surface area contributed by atoms with Crippen molar-refractivity contribution in [2.75, 3.05) is 47.5 Å². The fourth-order valence-corrected chi connectivity index (χ4v) is 6.52. The highest BCUT2D eigenvalue weighted by atomic mass is 31.2. The lowest BCUT2D eigenvalue weighted by atomic mass is 10.1. The molecule has 10 nitrogen and oxygen atoms in total. The monoisotopic (exact) mass is 796 g/mol. The van der Waals surface area contributed by atoms with Gasteiger partial charge in [0.25, 0.3) is 7.82 Å². The van der Waals surface area contributed by atoms with Gasteiger partial charge < -0.3 is 32.6 Å². The maximum atomic E-state index is 12.7. The number of ether oxygens (including phenoxy) is 3. The molecule has 0 amide bonds. The highest BCUT2D eigenvalue weighted by molar-refractivity contribution is 7.45. The molecule has 1 aliphatic heterocycles. The van der Waals surface area contributed by atoms with E-state index >= 15 is 0 Å². The number of hydrogen-bond acceptors (Lipinski definition) is 9. The van der Waals surface area contributed by atoms with Crippen molar-refractivity contribution in [1.29, 1.82) is 0 Å². The first-order valence-electron chi connectivity index (χ1n) is 21.5. The normalized spacial score (nSPS) is 17.8. The Kier molecular flexibility index (Phi) is 30.5. The molecule has 0 aromatic carbocycles. The molecular weight excluding hydrogens is 717 g/mol. The topological polar surface area (TPSA) is 124 Å². The molecule has 0 aliphatic carbocycles. The highest BCUT2D eigenvalue weighted by Crippen LogP contribution is 2.38. The Morgan fingerprint density at radius 1 is 0.691 bits per heavy atom. The molecule has 0 aromatic rings. The zero-order valence-electron chi connectivity index (χ0n) is 35.3. The number of hydrogen-bond donors (Lipinski definition) is 0. The molecule has 11 heteroatoms. The van der Waals surface area contributed by atoms with Gasteiger partial charge in [0.05, 0.1) is 40.0 Å². The molecule has 1 fully saturated rings. The van der Waals surface area contributed by atoms with Crippen LogP contribution in [-0.2, 0) is 37.4 Å². The SMILES string of the molecule is CC/C=C\C/C=C\C/C=C\CCCCCCCC(=O)O[C@H](COC(=O)CCCCCCC/C=C\CC1OC1CCCCC)COP(=O)([O-])OCC[N+](C)(C)C. The van der Waals surface area contributed by atoms with E-state index in [1.54, 1.807) is 0 Å². The van der Waals surface area contributed by atoms with Crippen LogP contribution in [0.2, 0.25) is 0 Å². The van der Waals surface area contributed by atoms with E-state index in [1.807, 2.05) is 21.1 Å². The summed E-state index contributed by atoms with van der Waals surface area (Å²) in [6.07, 6.45) is 38.8. The van der Waals surface area contributed by atoms with Crippen molar-refractivity contribution >= 4 is 19.8 Å². The average Bonchev–Trinajstić information content (AvgIpc) is 3.89. The minimum Gasteiger partial charge on any atom is -0.756 e. The van der Waals surface area contributed by atoms with Crippen molar-refractivity contribution in [3.8, 4) is 0 Å². The van der Waals surface area contributed by atoms with Gasteiger partial charge in [-0.25, -0.2) is 0 Å². The second kappa shape index (κ2) is 33.0. The number of phosphoric acid groups is 1. The summed E-state index contributed by atoms with van der Waals surface area (Å²) in [5.74, 6) is -0.880. The van der Waals surface area contributed by atoms with Crippen LogP contribution in [0.4, 0.5) is 0 Å². The third-order valence-corrected chi connectivity index (χ3v) is 10.2. The summed E-state index contributed by atoms with van der Waals surface area (Å²) in [6, 6.07) is 0. The van der Waals surface area contributed by atoms with Gasteiger partial charge in [0.1, 0.15) is 19.8 Å². The fourth-order valence-electron chi connectivity index (χ4n) is 5.79. The van der Waals surface area contributed by atoms with E-state index in [9.17, 15) is 19.0 Å². The van der Waals surface area contributed by atoms with Gasteiger partial charge >= 0.3 is 11.9 Å². The van der Waals surface area contributed by atoms with Crippen molar-refractivity contribution < 1.29 is 46.8 Å². The van der Waals surface area contributed by atoms with Crippen molar-refractivity contribution in [2.24, 2.45) is 0 Å². The maximum absolute atomic E-state index is 12.7. The standard InChI is InChI=1S/C44H78NO9P/c1-6-8-10-11-12-13-14-15-16-17-18-19-24-27-31-35-44(47)53-40(39-52-55(48,49)51-37-36-45(3,4)5)38-50-43(46)34-30-26-23-21-20-22-25-29-33-42-41(54-42)32-28-9-7-2/h8,10,12-13,15-16,25,29,40-42H,6-7,9,11,14,17-24,26-28,30-39H2,1-5H3/b10-8-,13-12-,16-15-,29-25-/t40-,41?,42?/m1/s1. The lowest BCUT2D eigenvalue weighted by Crippen LogP contribution is -2.37. The third kappa shape index (κ3) is 33.8. The van der Waals surface area contributed by atoms with E-state index in [1.165, 1.54) is 25.7 Å². The van der Waals surface area contributed by atoms with E-state index in [4.69, 9.17) is 23.3 Å². The zero-order valence-corrected chi connectivity index (χ0v) is 36.2. The molecule has 1 rings (SSSR count). The number of epoxide rings is 1. The minimum atomic E-state index is -4.64. The number of phosphoric ester groups is 1. The van der Waals surface area contributed by atoms with E-state index < -0.39 is 32.5 Å². The Labute approximate surface area is 335 Å². The first-order chi connectivity index (χ1) is 26.5. The number of allylic oxidation sites excluding steroid dienone is 7. The van der Waals surface area contributed by atoms with Crippen LogP contribution in [0.25, 0.3) is 0 Å². The summed E-state index contributed by atoms with van der Waals surface area (Å²) in [7, 11) is 1.13. The first kappa shape index (κ1) is 50.9. The van der Waals surface area contributed by atoms with Crippen LogP contribution in [-0.4, -0.2) is 82.2 Å². The third-order valence-electron chi connectivity index (χ3n) is 9.26. The molecule has 0 N–H and O–H groups in total. The van der Waals surface area contributed by atoms with Crippen LogP contribution in [0.1, 0.15) is 155 Å². The molecule has 0 aromatic heterocycles. The zero-order chi connectivity index (χ0) is 40.5. The summed E-state index contributed by atoms with van der Waals surface area (Å²) < 4.78 is 39.6. The number of carbonyl (C=O) groups is 2. The lowest BCUT2D eigenvalue weighted by Gasteiger charge is -2.28. The molecule has 3 unspecified atom stereocenters. The van der Waals surface area contributed by atoms with Crippen LogP contribution < -0.4 is 4.89 Å². The Balaban J connectivity index is 2.30. The Hall–Kier alpha value is -2.07. The van der Waals surface area contributed by atoms with E-state index in [0.29, 0.717) is 36.1 Å². The summed E-state index contributed by atoms with van der Waals surface area (Å²) >= 11 is 0. The lowest BCUT2D eigenvalue weighted by molar-refractivity contribution is -0.870. The molecule has 1 aliphatic rings. The van der Waals surface area contributed by atoms with Crippen molar-refractivity contribution in [3.63, 3.8) is 0 Å². The number of likely N-dealkylation sites (N-methyl/N-ethyl adjacent to an activating group) is 1. The molecular formula is C44H78NO9P. The van der Waals surface area contributed by atoms with Crippen LogP contribution in [0.3, 0.4) is 0 Å². The predicted molar refractivity (Wildman–Crippen MR) is 221 cm³/mol. The molecule has 318 valence electrons. The van der Waals surface area contributed by atoms with Gasteiger partial charge in [-0.3, -0.25) is 14.2 Å².